The third-order valence-electron chi connectivity index (χ3n) is 3.90. The van der Waals surface area contributed by atoms with Crippen molar-refractivity contribution >= 4 is 11.9 Å². The molecule has 1 unspecified atom stereocenters. The number of carboxylic acids is 1. The Bertz CT molecular complexity index is 307. The maximum absolute atomic E-state index is 12.1. The van der Waals surface area contributed by atoms with Crippen molar-refractivity contribution in [2.24, 2.45) is 0 Å². The molecule has 1 fully saturated rings. The number of hydrogen-bond acceptors (Lipinski definition) is 3. The van der Waals surface area contributed by atoms with E-state index in [0.717, 1.165) is 25.9 Å². The first-order chi connectivity index (χ1) is 8.46. The molecule has 5 heteroatoms. The van der Waals surface area contributed by atoms with E-state index in [-0.39, 0.29) is 5.91 Å². The van der Waals surface area contributed by atoms with Gasteiger partial charge in [-0.2, -0.15) is 0 Å². The van der Waals surface area contributed by atoms with E-state index in [2.05, 4.69) is 5.32 Å². The molecule has 0 radical (unpaired) electrons. The summed E-state index contributed by atoms with van der Waals surface area (Å²) in [5.74, 6) is -0.867. The summed E-state index contributed by atoms with van der Waals surface area (Å²) in [5.41, 5.74) is -0.991. The van der Waals surface area contributed by atoms with E-state index in [1.807, 2.05) is 18.7 Å². The van der Waals surface area contributed by atoms with Crippen LogP contribution in [0.2, 0.25) is 0 Å². The number of likely N-dealkylation sites (tertiary alicyclic amines) is 1. The standard InChI is InChI=1S/C13H24N2O3/c1-4-13(5-2,12(17)18)14-10(3)11(16)15-8-6-7-9-15/h10,14H,4-9H2,1-3H3,(H,17,18). The van der Waals surface area contributed by atoms with E-state index < -0.39 is 17.6 Å². The highest BCUT2D eigenvalue weighted by atomic mass is 16.4. The fourth-order valence-corrected chi connectivity index (χ4v) is 2.51. The fraction of sp³-hybridized carbons (Fsp3) is 0.846. The highest BCUT2D eigenvalue weighted by Crippen LogP contribution is 2.18. The second-order valence-electron chi connectivity index (χ2n) is 4.99. The average Bonchev–Trinajstić information content (AvgIpc) is 2.88. The normalized spacial score (nSPS) is 17.8. The van der Waals surface area contributed by atoms with E-state index in [0.29, 0.717) is 12.8 Å². The molecular weight excluding hydrogens is 232 g/mol. The van der Waals surface area contributed by atoms with Gasteiger partial charge in [-0.3, -0.25) is 14.9 Å². The van der Waals surface area contributed by atoms with E-state index in [1.165, 1.54) is 0 Å². The summed E-state index contributed by atoms with van der Waals surface area (Å²) < 4.78 is 0. The van der Waals surface area contributed by atoms with Gasteiger partial charge in [0.15, 0.2) is 0 Å². The molecule has 1 aliphatic rings. The largest absolute Gasteiger partial charge is 0.480 e. The molecule has 0 bridgehead atoms. The zero-order chi connectivity index (χ0) is 13.8. The summed E-state index contributed by atoms with van der Waals surface area (Å²) in [6.07, 6.45) is 3.03. The summed E-state index contributed by atoms with van der Waals surface area (Å²) in [5, 5.41) is 12.3. The minimum absolute atomic E-state index is 0.0139. The van der Waals surface area contributed by atoms with Crippen LogP contribution in [0, 0.1) is 0 Å². The molecule has 1 amide bonds. The molecule has 2 N–H and O–H groups in total. The number of carboxylic acid groups (broad SMARTS) is 1. The minimum atomic E-state index is -0.991. The lowest BCUT2D eigenvalue weighted by Crippen LogP contribution is -2.58. The molecule has 0 saturated carbocycles. The molecule has 0 aromatic carbocycles. The second kappa shape index (κ2) is 6.18. The Morgan fingerprint density at radius 3 is 2.17 bits per heavy atom. The van der Waals surface area contributed by atoms with Crippen LogP contribution in [-0.2, 0) is 9.59 Å². The quantitative estimate of drug-likeness (QED) is 0.750. The Morgan fingerprint density at radius 1 is 1.28 bits per heavy atom. The molecule has 0 spiro atoms. The van der Waals surface area contributed by atoms with Crippen molar-refractivity contribution in [1.82, 2.24) is 10.2 Å². The van der Waals surface area contributed by atoms with Gasteiger partial charge in [-0.15, -0.1) is 0 Å². The number of nitrogens with one attached hydrogen (secondary N) is 1. The lowest BCUT2D eigenvalue weighted by atomic mass is 9.92. The summed E-state index contributed by atoms with van der Waals surface area (Å²) in [6.45, 7) is 7.01. The van der Waals surface area contributed by atoms with Crippen LogP contribution in [0.4, 0.5) is 0 Å². The predicted molar refractivity (Wildman–Crippen MR) is 69.4 cm³/mol. The zero-order valence-electron chi connectivity index (χ0n) is 11.5. The zero-order valence-corrected chi connectivity index (χ0v) is 11.5. The van der Waals surface area contributed by atoms with Gasteiger partial charge >= 0.3 is 5.97 Å². The number of hydrogen-bond donors (Lipinski definition) is 2. The van der Waals surface area contributed by atoms with Crippen molar-refractivity contribution in [3.63, 3.8) is 0 Å². The first-order valence-electron chi connectivity index (χ1n) is 6.76. The summed E-state index contributed by atoms with van der Waals surface area (Å²) >= 11 is 0. The van der Waals surface area contributed by atoms with Crippen LogP contribution in [-0.4, -0.2) is 46.6 Å². The van der Waals surface area contributed by atoms with Crippen molar-refractivity contribution in [2.75, 3.05) is 13.1 Å². The van der Waals surface area contributed by atoms with Crippen molar-refractivity contribution in [1.29, 1.82) is 0 Å². The van der Waals surface area contributed by atoms with Crippen LogP contribution >= 0.6 is 0 Å². The van der Waals surface area contributed by atoms with Crippen LogP contribution in [0.5, 0.6) is 0 Å². The molecule has 18 heavy (non-hydrogen) atoms. The summed E-state index contributed by atoms with van der Waals surface area (Å²) in [4.78, 5) is 25.3. The lowest BCUT2D eigenvalue weighted by Gasteiger charge is -2.32. The van der Waals surface area contributed by atoms with Crippen LogP contribution in [0.25, 0.3) is 0 Å². The Hall–Kier alpha value is -1.10. The summed E-state index contributed by atoms with van der Waals surface area (Å²) in [7, 11) is 0. The maximum atomic E-state index is 12.1. The Balaban J connectivity index is 2.68. The highest BCUT2D eigenvalue weighted by molar-refractivity contribution is 5.84. The number of carbonyl (C=O) groups is 2. The Labute approximate surface area is 109 Å². The molecule has 5 nitrogen and oxygen atoms in total. The number of nitrogens with zero attached hydrogens (tertiary/aromatic N) is 1. The van der Waals surface area contributed by atoms with Crippen molar-refractivity contribution in [2.45, 2.75) is 58.0 Å². The fourth-order valence-electron chi connectivity index (χ4n) is 2.51. The van der Waals surface area contributed by atoms with Crippen molar-refractivity contribution < 1.29 is 14.7 Å². The van der Waals surface area contributed by atoms with Gasteiger partial charge in [0.25, 0.3) is 0 Å². The monoisotopic (exact) mass is 256 g/mol. The van der Waals surface area contributed by atoms with Crippen LogP contribution in [0.1, 0.15) is 46.5 Å². The molecule has 1 rings (SSSR count). The Morgan fingerprint density at radius 2 is 1.78 bits per heavy atom. The second-order valence-corrected chi connectivity index (χ2v) is 4.99. The van der Waals surface area contributed by atoms with E-state index in [9.17, 15) is 14.7 Å². The number of rotatable bonds is 6. The van der Waals surface area contributed by atoms with Crippen LogP contribution < -0.4 is 5.32 Å². The highest BCUT2D eigenvalue weighted by Gasteiger charge is 2.38. The number of carbonyl (C=O) groups excluding carboxylic acids is 1. The third-order valence-corrected chi connectivity index (χ3v) is 3.90. The maximum Gasteiger partial charge on any atom is 0.323 e. The first kappa shape index (κ1) is 15.0. The van der Waals surface area contributed by atoms with Gasteiger partial charge in [0.2, 0.25) is 5.91 Å². The van der Waals surface area contributed by atoms with E-state index in [4.69, 9.17) is 0 Å². The molecular formula is C13H24N2O3. The molecule has 0 aromatic heterocycles. The third kappa shape index (κ3) is 3.02. The minimum Gasteiger partial charge on any atom is -0.480 e. The van der Waals surface area contributed by atoms with Crippen LogP contribution in [0.15, 0.2) is 0 Å². The predicted octanol–water partition coefficient (Wildman–Crippen LogP) is 1.23. The van der Waals surface area contributed by atoms with E-state index in [1.54, 1.807) is 6.92 Å². The smallest absolute Gasteiger partial charge is 0.323 e. The molecule has 1 saturated heterocycles. The van der Waals surface area contributed by atoms with Crippen LogP contribution in [0.3, 0.4) is 0 Å². The number of amides is 1. The topological polar surface area (TPSA) is 69.6 Å². The molecule has 1 heterocycles. The van der Waals surface area contributed by atoms with Gasteiger partial charge in [0, 0.05) is 13.1 Å². The average molecular weight is 256 g/mol. The van der Waals surface area contributed by atoms with Gasteiger partial charge in [-0.05, 0) is 32.6 Å². The molecule has 0 aromatic rings. The van der Waals surface area contributed by atoms with E-state index >= 15 is 0 Å². The van der Waals surface area contributed by atoms with Gasteiger partial charge in [0.1, 0.15) is 5.54 Å². The lowest BCUT2D eigenvalue weighted by molar-refractivity contribution is -0.146. The molecule has 1 aliphatic heterocycles. The molecule has 1 atom stereocenters. The van der Waals surface area contributed by atoms with Gasteiger partial charge < -0.3 is 10.0 Å². The summed E-state index contributed by atoms with van der Waals surface area (Å²) in [6, 6.07) is -0.445. The molecule has 0 aliphatic carbocycles. The van der Waals surface area contributed by atoms with Gasteiger partial charge in [-0.1, -0.05) is 13.8 Å². The van der Waals surface area contributed by atoms with Crippen molar-refractivity contribution in [3.05, 3.63) is 0 Å². The number of aliphatic carboxylic acids is 1. The first-order valence-corrected chi connectivity index (χ1v) is 6.76. The SMILES string of the molecule is CCC(CC)(NC(C)C(=O)N1CCCC1)C(=O)O. The Kier molecular flexibility index (Phi) is 5.14. The van der Waals surface area contributed by atoms with Gasteiger partial charge in [-0.25, -0.2) is 0 Å². The van der Waals surface area contributed by atoms with Crippen molar-refractivity contribution in [3.8, 4) is 0 Å². The van der Waals surface area contributed by atoms with Gasteiger partial charge in [0.05, 0.1) is 6.04 Å². The molecule has 104 valence electrons.